The summed E-state index contributed by atoms with van der Waals surface area (Å²) >= 11 is 5.03. The summed E-state index contributed by atoms with van der Waals surface area (Å²) in [5.41, 5.74) is 0. The van der Waals surface area contributed by atoms with Crippen LogP contribution in [-0.4, -0.2) is 12.9 Å². The zero-order valence-electron chi connectivity index (χ0n) is 5.31. The van der Waals surface area contributed by atoms with Crippen LogP contribution >= 0.6 is 11.9 Å². The Hall–Kier alpha value is -0.240. The van der Waals surface area contributed by atoms with Gasteiger partial charge in [0.05, 0.1) is 0 Å². The molecule has 0 saturated carbocycles. The van der Waals surface area contributed by atoms with Gasteiger partial charge in [0, 0.05) is 13.0 Å². The molecule has 2 nitrogen and oxygen atoms in total. The summed E-state index contributed by atoms with van der Waals surface area (Å²) in [4.78, 5) is 3.77. The molecular weight excluding hydrogens is 126 g/mol. The Labute approximate surface area is 54.7 Å². The van der Waals surface area contributed by atoms with Gasteiger partial charge in [-0.3, -0.25) is 4.99 Å². The third kappa shape index (κ3) is 2.17. The maximum absolute atomic E-state index is 5.03. The molecule has 0 aromatic rings. The molecule has 3 heteroatoms. The highest BCUT2D eigenvalue weighted by Crippen LogP contribution is 1.99. The van der Waals surface area contributed by atoms with Gasteiger partial charge in [0.25, 0.3) is 0 Å². The molecule has 0 amide bonds. The van der Waals surface area contributed by atoms with Gasteiger partial charge in [-0.15, -0.1) is 0 Å². The van der Waals surface area contributed by atoms with Crippen molar-refractivity contribution < 1.29 is 4.29 Å². The number of hydrogen-bond donors (Lipinski definition) is 0. The van der Waals surface area contributed by atoms with Crippen LogP contribution in [0.5, 0.6) is 0 Å². The Kier molecular flexibility index (Phi) is 3.61. The highest BCUT2D eigenvalue weighted by atomic mass is 35.5. The van der Waals surface area contributed by atoms with Crippen molar-refractivity contribution in [1.29, 1.82) is 0 Å². The minimum absolute atomic E-state index is 0.275. The number of rotatable bonds is 1. The van der Waals surface area contributed by atoms with E-state index in [0.29, 0.717) is 5.90 Å². The first-order chi connectivity index (χ1) is 3.72. The van der Waals surface area contributed by atoms with E-state index in [1.54, 1.807) is 7.05 Å². The molecule has 0 aliphatic carbocycles. The van der Waals surface area contributed by atoms with Gasteiger partial charge >= 0.3 is 0 Å². The van der Waals surface area contributed by atoms with Gasteiger partial charge in [0.15, 0.2) is 0 Å². The number of aliphatic imine (C=N–C) groups is 1. The van der Waals surface area contributed by atoms with Gasteiger partial charge in [-0.1, -0.05) is 13.8 Å². The maximum Gasteiger partial charge on any atom is 0.210 e. The zero-order valence-corrected chi connectivity index (χ0v) is 6.07. The smallest absolute Gasteiger partial charge is 0.210 e. The summed E-state index contributed by atoms with van der Waals surface area (Å²) in [5.74, 6) is 0.851. The van der Waals surface area contributed by atoms with Crippen LogP contribution in [0.15, 0.2) is 4.99 Å². The van der Waals surface area contributed by atoms with E-state index in [9.17, 15) is 0 Å². The molecule has 0 bridgehead atoms. The molecule has 0 N–H and O–H groups in total. The second kappa shape index (κ2) is 3.72. The van der Waals surface area contributed by atoms with Crippen LogP contribution in [-0.2, 0) is 4.29 Å². The normalized spacial score (nSPS) is 12.4. The molecule has 0 saturated heterocycles. The quantitative estimate of drug-likeness (QED) is 0.397. The fourth-order valence-corrected chi connectivity index (χ4v) is 0.629. The first kappa shape index (κ1) is 7.76. The lowest BCUT2D eigenvalue weighted by atomic mass is 10.2. The molecule has 0 radical (unpaired) electrons. The lowest BCUT2D eigenvalue weighted by molar-refractivity contribution is 0.555. The molecular formula is C5H10ClNO. The monoisotopic (exact) mass is 135 g/mol. The maximum atomic E-state index is 5.03. The third-order valence-corrected chi connectivity index (χ3v) is 0.951. The van der Waals surface area contributed by atoms with Gasteiger partial charge in [-0.2, -0.15) is 0 Å². The summed E-state index contributed by atoms with van der Waals surface area (Å²) in [5, 5.41) is 0. The summed E-state index contributed by atoms with van der Waals surface area (Å²) in [6, 6.07) is 0. The highest BCUT2D eigenvalue weighted by Gasteiger charge is 2.02. The number of halogens is 1. The van der Waals surface area contributed by atoms with Crippen molar-refractivity contribution in [3.05, 3.63) is 0 Å². The Balaban J connectivity index is 3.72. The second-order valence-corrected chi connectivity index (χ2v) is 1.95. The first-order valence-electron chi connectivity index (χ1n) is 2.47. The molecule has 8 heavy (non-hydrogen) atoms. The van der Waals surface area contributed by atoms with Gasteiger partial charge in [0.1, 0.15) is 11.9 Å². The molecule has 0 atom stereocenters. The van der Waals surface area contributed by atoms with E-state index in [1.807, 2.05) is 13.8 Å². The fraction of sp³-hybridized carbons (Fsp3) is 0.800. The minimum atomic E-state index is 0.275. The molecule has 0 aromatic carbocycles. The number of nitrogens with zero attached hydrogens (tertiary/aromatic N) is 1. The molecule has 0 rings (SSSR count). The predicted molar refractivity (Wildman–Crippen MR) is 35.1 cm³/mol. The van der Waals surface area contributed by atoms with E-state index in [4.69, 9.17) is 11.9 Å². The summed E-state index contributed by atoms with van der Waals surface area (Å²) in [6.07, 6.45) is 0. The van der Waals surface area contributed by atoms with Crippen molar-refractivity contribution >= 4 is 17.8 Å². The van der Waals surface area contributed by atoms with Crippen LogP contribution in [0.2, 0.25) is 0 Å². The Bertz CT molecular complexity index is 90.4. The van der Waals surface area contributed by atoms with Crippen LogP contribution in [0.1, 0.15) is 13.8 Å². The zero-order chi connectivity index (χ0) is 6.57. The lowest BCUT2D eigenvalue weighted by Crippen LogP contribution is -2.06. The molecule has 0 heterocycles. The van der Waals surface area contributed by atoms with Gasteiger partial charge in [0.2, 0.25) is 5.90 Å². The fourth-order valence-electron chi connectivity index (χ4n) is 0.382. The van der Waals surface area contributed by atoms with Gasteiger partial charge in [-0.05, 0) is 0 Å². The van der Waals surface area contributed by atoms with Crippen molar-refractivity contribution in [3.8, 4) is 0 Å². The molecule has 0 aliphatic heterocycles. The summed E-state index contributed by atoms with van der Waals surface area (Å²) in [7, 11) is 1.65. The number of hydrogen-bond acceptors (Lipinski definition) is 2. The highest BCUT2D eigenvalue weighted by molar-refractivity contribution is 6.14. The van der Waals surface area contributed by atoms with Crippen LogP contribution in [0.25, 0.3) is 0 Å². The molecule has 0 fully saturated rings. The van der Waals surface area contributed by atoms with E-state index in [0.717, 1.165) is 0 Å². The average Bonchev–Trinajstić information content (AvgIpc) is 1.69. The third-order valence-electron chi connectivity index (χ3n) is 0.793. The van der Waals surface area contributed by atoms with Crippen molar-refractivity contribution in [2.45, 2.75) is 13.8 Å². The van der Waals surface area contributed by atoms with Gasteiger partial charge in [-0.25, -0.2) is 0 Å². The molecule has 0 spiro atoms. The standard InChI is InChI=1S/C5H10ClNO/c1-4(2)5(7-3)8-6/h4H,1-3H3/b7-5+. The Morgan fingerprint density at radius 3 is 2.12 bits per heavy atom. The van der Waals surface area contributed by atoms with Crippen molar-refractivity contribution in [3.63, 3.8) is 0 Å². The lowest BCUT2D eigenvalue weighted by Gasteiger charge is -2.01. The summed E-state index contributed by atoms with van der Waals surface area (Å²) in [6.45, 7) is 3.93. The molecule has 0 aliphatic rings. The first-order valence-corrected chi connectivity index (χ1v) is 2.78. The van der Waals surface area contributed by atoms with Crippen LogP contribution in [0.4, 0.5) is 0 Å². The van der Waals surface area contributed by atoms with Crippen molar-refractivity contribution in [1.82, 2.24) is 0 Å². The second-order valence-electron chi connectivity index (χ2n) is 1.79. The molecule has 0 aromatic heterocycles. The average molecular weight is 136 g/mol. The van der Waals surface area contributed by atoms with E-state index >= 15 is 0 Å². The van der Waals surface area contributed by atoms with Crippen LogP contribution < -0.4 is 0 Å². The van der Waals surface area contributed by atoms with Gasteiger partial charge < -0.3 is 4.29 Å². The van der Waals surface area contributed by atoms with E-state index < -0.39 is 0 Å². The van der Waals surface area contributed by atoms with Crippen molar-refractivity contribution in [2.75, 3.05) is 7.05 Å². The van der Waals surface area contributed by atoms with Crippen molar-refractivity contribution in [2.24, 2.45) is 10.9 Å². The minimum Gasteiger partial charge on any atom is -0.370 e. The summed E-state index contributed by atoms with van der Waals surface area (Å²) < 4.78 is 4.38. The van der Waals surface area contributed by atoms with Crippen LogP contribution in [0, 0.1) is 5.92 Å². The SMILES string of the molecule is C/N=C(/OCl)C(C)C. The van der Waals surface area contributed by atoms with E-state index in [2.05, 4.69) is 9.28 Å². The largest absolute Gasteiger partial charge is 0.370 e. The molecule has 0 unspecified atom stereocenters. The van der Waals surface area contributed by atoms with E-state index in [-0.39, 0.29) is 5.92 Å². The topological polar surface area (TPSA) is 21.6 Å². The molecule has 48 valence electrons. The van der Waals surface area contributed by atoms with Crippen LogP contribution in [0.3, 0.4) is 0 Å². The van der Waals surface area contributed by atoms with E-state index in [1.165, 1.54) is 0 Å². The Morgan fingerprint density at radius 1 is 1.62 bits per heavy atom. The Morgan fingerprint density at radius 2 is 2.12 bits per heavy atom. The predicted octanol–water partition coefficient (Wildman–Crippen LogP) is 1.84.